The summed E-state index contributed by atoms with van der Waals surface area (Å²) in [5.41, 5.74) is 2.13. The molecule has 9 heteroatoms. The number of anilines is 1. The molecule has 2 aromatic rings. The minimum absolute atomic E-state index is 0.0554. The standard InChI is InChI=1S/C16H18BrN5O3/c1-5-25-15-11(17)6-10(7-12(15)24-4)14-13(9(3)23)8(2)18-16-19-20-21-22(14)16/h6-7,14H,5H2,1-4H3,(H,18,19,21). The Morgan fingerprint density at radius 1 is 1.44 bits per heavy atom. The molecular weight excluding hydrogens is 390 g/mol. The van der Waals surface area contributed by atoms with Crippen LogP contribution in [-0.2, 0) is 4.79 Å². The number of aromatic nitrogens is 4. The largest absolute Gasteiger partial charge is 0.493 e. The minimum Gasteiger partial charge on any atom is -0.493 e. The second kappa shape index (κ2) is 6.83. The van der Waals surface area contributed by atoms with E-state index in [1.165, 1.54) is 6.92 Å². The predicted molar refractivity (Wildman–Crippen MR) is 94.8 cm³/mol. The van der Waals surface area contributed by atoms with Crippen molar-refractivity contribution in [2.24, 2.45) is 0 Å². The highest BCUT2D eigenvalue weighted by atomic mass is 79.9. The lowest BCUT2D eigenvalue weighted by molar-refractivity contribution is -0.114. The van der Waals surface area contributed by atoms with Gasteiger partial charge in [0.25, 0.3) is 0 Å². The van der Waals surface area contributed by atoms with Gasteiger partial charge in [-0.25, -0.2) is 0 Å². The molecule has 1 N–H and O–H groups in total. The summed E-state index contributed by atoms with van der Waals surface area (Å²) in [7, 11) is 1.58. The van der Waals surface area contributed by atoms with Gasteiger partial charge in [-0.3, -0.25) is 4.79 Å². The Bertz CT molecular complexity index is 861. The van der Waals surface area contributed by atoms with Gasteiger partial charge in [0.2, 0.25) is 5.95 Å². The number of nitrogens with one attached hydrogen (secondary N) is 1. The topological polar surface area (TPSA) is 91.2 Å². The molecule has 0 aliphatic carbocycles. The first-order chi connectivity index (χ1) is 12.0. The highest BCUT2D eigenvalue weighted by Crippen LogP contribution is 2.42. The fourth-order valence-corrected chi connectivity index (χ4v) is 3.53. The Kier molecular flexibility index (Phi) is 4.76. The van der Waals surface area contributed by atoms with Gasteiger partial charge in [0.1, 0.15) is 6.04 Å². The van der Waals surface area contributed by atoms with Crippen LogP contribution in [0.1, 0.15) is 32.4 Å². The van der Waals surface area contributed by atoms with E-state index in [1.54, 1.807) is 11.8 Å². The average molecular weight is 408 g/mol. The van der Waals surface area contributed by atoms with Crippen LogP contribution in [0.4, 0.5) is 5.95 Å². The van der Waals surface area contributed by atoms with Crippen molar-refractivity contribution in [1.82, 2.24) is 20.2 Å². The molecule has 1 atom stereocenters. The van der Waals surface area contributed by atoms with Crippen molar-refractivity contribution in [1.29, 1.82) is 0 Å². The van der Waals surface area contributed by atoms with Crippen LogP contribution < -0.4 is 14.8 Å². The van der Waals surface area contributed by atoms with Crippen LogP contribution in [0.25, 0.3) is 0 Å². The molecule has 0 spiro atoms. The lowest BCUT2D eigenvalue weighted by Crippen LogP contribution is -2.28. The second-order valence-corrected chi connectivity index (χ2v) is 6.39. The van der Waals surface area contributed by atoms with Crippen molar-refractivity contribution < 1.29 is 14.3 Å². The van der Waals surface area contributed by atoms with Crippen LogP contribution in [0.3, 0.4) is 0 Å². The van der Waals surface area contributed by atoms with Crippen LogP contribution in [-0.4, -0.2) is 39.7 Å². The van der Waals surface area contributed by atoms with Gasteiger partial charge >= 0.3 is 0 Å². The van der Waals surface area contributed by atoms with Crippen LogP contribution in [0.15, 0.2) is 27.9 Å². The maximum atomic E-state index is 12.3. The van der Waals surface area contributed by atoms with Crippen molar-refractivity contribution in [3.05, 3.63) is 33.4 Å². The van der Waals surface area contributed by atoms with E-state index in [9.17, 15) is 4.79 Å². The molecule has 1 aromatic heterocycles. The lowest BCUT2D eigenvalue weighted by Gasteiger charge is -2.28. The molecule has 132 valence electrons. The summed E-state index contributed by atoms with van der Waals surface area (Å²) in [5, 5.41) is 14.8. The molecule has 3 rings (SSSR count). The Balaban J connectivity index is 2.20. The van der Waals surface area contributed by atoms with Crippen LogP contribution in [0, 0.1) is 0 Å². The quantitative estimate of drug-likeness (QED) is 0.814. The predicted octanol–water partition coefficient (Wildman–Crippen LogP) is 2.72. The fourth-order valence-electron chi connectivity index (χ4n) is 2.96. The van der Waals surface area contributed by atoms with E-state index in [2.05, 4.69) is 36.8 Å². The molecule has 0 amide bonds. The van der Waals surface area contributed by atoms with Crippen molar-refractivity contribution in [3.8, 4) is 11.5 Å². The molecule has 0 saturated carbocycles. The number of halogens is 1. The molecular formula is C16H18BrN5O3. The van der Waals surface area contributed by atoms with Gasteiger partial charge in [0, 0.05) is 11.3 Å². The maximum absolute atomic E-state index is 12.3. The smallest absolute Gasteiger partial charge is 0.248 e. The third kappa shape index (κ3) is 2.99. The molecule has 0 radical (unpaired) electrons. The van der Waals surface area contributed by atoms with E-state index < -0.39 is 6.04 Å². The van der Waals surface area contributed by atoms with Crippen LogP contribution >= 0.6 is 15.9 Å². The monoisotopic (exact) mass is 407 g/mol. The molecule has 1 aliphatic rings. The van der Waals surface area contributed by atoms with Gasteiger partial charge in [-0.15, -0.1) is 0 Å². The number of benzene rings is 1. The number of hydrogen-bond acceptors (Lipinski definition) is 7. The number of methoxy groups -OCH3 is 1. The molecule has 2 heterocycles. The van der Waals surface area contributed by atoms with Gasteiger partial charge in [-0.05, 0) is 64.8 Å². The third-order valence-corrected chi connectivity index (χ3v) is 4.54. The maximum Gasteiger partial charge on any atom is 0.248 e. The highest BCUT2D eigenvalue weighted by molar-refractivity contribution is 9.10. The van der Waals surface area contributed by atoms with E-state index in [-0.39, 0.29) is 5.78 Å². The molecule has 1 aliphatic heterocycles. The summed E-state index contributed by atoms with van der Waals surface area (Å²) < 4.78 is 13.4. The van der Waals surface area contributed by atoms with Gasteiger partial charge < -0.3 is 14.8 Å². The van der Waals surface area contributed by atoms with E-state index in [0.29, 0.717) is 29.6 Å². The van der Waals surface area contributed by atoms with E-state index in [0.717, 1.165) is 15.7 Å². The Hall–Kier alpha value is -2.42. The summed E-state index contributed by atoms with van der Waals surface area (Å²) in [6, 6.07) is 3.28. The number of tetrazole rings is 1. The molecule has 25 heavy (non-hydrogen) atoms. The first-order valence-electron chi connectivity index (χ1n) is 7.74. The van der Waals surface area contributed by atoms with Crippen molar-refractivity contribution >= 4 is 27.7 Å². The highest BCUT2D eigenvalue weighted by Gasteiger charge is 2.33. The van der Waals surface area contributed by atoms with Gasteiger partial charge in [0.05, 0.1) is 18.2 Å². The minimum atomic E-state index is -0.454. The molecule has 1 aromatic carbocycles. The number of ketones is 1. The molecule has 0 bridgehead atoms. The molecule has 1 unspecified atom stereocenters. The summed E-state index contributed by atoms with van der Waals surface area (Å²) in [4.78, 5) is 12.3. The normalized spacial score (nSPS) is 16.3. The SMILES string of the molecule is CCOc1c(Br)cc(C2C(C(C)=O)=C(C)Nc3nnnn32)cc1OC. The average Bonchev–Trinajstić information content (AvgIpc) is 3.02. The van der Waals surface area contributed by atoms with Crippen LogP contribution in [0.2, 0.25) is 0 Å². The summed E-state index contributed by atoms with van der Waals surface area (Å²) in [6.07, 6.45) is 0. The van der Waals surface area contributed by atoms with E-state index >= 15 is 0 Å². The number of allylic oxidation sites excluding steroid dienone is 2. The summed E-state index contributed by atoms with van der Waals surface area (Å²) in [6.45, 7) is 5.78. The number of rotatable bonds is 5. The van der Waals surface area contributed by atoms with E-state index in [4.69, 9.17) is 9.47 Å². The zero-order chi connectivity index (χ0) is 18.1. The number of ether oxygens (including phenoxy) is 2. The van der Waals surface area contributed by atoms with Crippen molar-refractivity contribution in [3.63, 3.8) is 0 Å². The van der Waals surface area contributed by atoms with Gasteiger partial charge in [0.15, 0.2) is 17.3 Å². The zero-order valence-corrected chi connectivity index (χ0v) is 15.9. The van der Waals surface area contributed by atoms with Crippen molar-refractivity contribution in [2.75, 3.05) is 19.0 Å². The summed E-state index contributed by atoms with van der Waals surface area (Å²) in [5.74, 6) is 1.61. The Morgan fingerprint density at radius 3 is 2.84 bits per heavy atom. The number of nitrogens with zero attached hydrogens (tertiary/aromatic N) is 4. The van der Waals surface area contributed by atoms with Gasteiger partial charge in [-0.1, -0.05) is 5.10 Å². The van der Waals surface area contributed by atoms with Crippen molar-refractivity contribution in [2.45, 2.75) is 26.8 Å². The number of hydrogen-bond donors (Lipinski definition) is 1. The Morgan fingerprint density at radius 2 is 2.20 bits per heavy atom. The van der Waals surface area contributed by atoms with Crippen LogP contribution in [0.5, 0.6) is 11.5 Å². The fraction of sp³-hybridized carbons (Fsp3) is 0.375. The number of carbonyl (C=O) groups is 1. The molecule has 8 nitrogen and oxygen atoms in total. The first kappa shape index (κ1) is 17.4. The third-order valence-electron chi connectivity index (χ3n) is 3.95. The molecule has 0 saturated heterocycles. The second-order valence-electron chi connectivity index (χ2n) is 5.54. The lowest BCUT2D eigenvalue weighted by atomic mass is 9.93. The number of fused-ring (bicyclic) bond motifs is 1. The first-order valence-corrected chi connectivity index (χ1v) is 8.54. The zero-order valence-electron chi connectivity index (χ0n) is 14.3. The van der Waals surface area contributed by atoms with E-state index in [1.807, 2.05) is 26.0 Å². The Labute approximate surface area is 153 Å². The number of carbonyl (C=O) groups excluding carboxylic acids is 1. The molecule has 0 fully saturated rings. The number of Topliss-reactive ketones (excluding diaryl/α,β-unsaturated/α-hetero) is 1. The van der Waals surface area contributed by atoms with Gasteiger partial charge in [-0.2, -0.15) is 4.68 Å². The summed E-state index contributed by atoms with van der Waals surface area (Å²) >= 11 is 3.53.